The van der Waals surface area contributed by atoms with E-state index in [1.165, 1.54) is 11.1 Å². The van der Waals surface area contributed by atoms with Crippen LogP contribution in [0, 0.1) is 11.8 Å². The molecule has 2 aromatic rings. The van der Waals surface area contributed by atoms with E-state index < -0.39 is 13.9 Å². The summed E-state index contributed by atoms with van der Waals surface area (Å²) in [7, 11) is -0.155. The normalized spacial score (nSPS) is 16.9. The van der Waals surface area contributed by atoms with E-state index in [1.54, 1.807) is 7.11 Å². The summed E-state index contributed by atoms with van der Waals surface area (Å²) in [5, 5.41) is 7.35. The van der Waals surface area contributed by atoms with Crippen LogP contribution < -0.4 is 4.43 Å². The highest BCUT2D eigenvalue weighted by Crippen LogP contribution is 2.44. The Balaban J connectivity index is 1.60. The molecule has 1 saturated heterocycles. The largest absolute Gasteiger partial charge is 0.543 e. The summed E-state index contributed by atoms with van der Waals surface area (Å²) >= 11 is 0. The van der Waals surface area contributed by atoms with Crippen molar-refractivity contribution in [3.8, 4) is 5.75 Å². The molecule has 7 heteroatoms. The molecule has 250 valence electrons. The fraction of sp³-hybridized carbons (Fsp3) is 0.632. The molecule has 0 N–H and O–H groups in total. The summed E-state index contributed by atoms with van der Waals surface area (Å²) in [6, 6.07) is 17.0. The van der Waals surface area contributed by atoms with Crippen LogP contribution >= 0.6 is 0 Å². The molecule has 6 nitrogen and oxygen atoms in total. The minimum Gasteiger partial charge on any atom is -0.543 e. The van der Waals surface area contributed by atoms with Gasteiger partial charge in [0.05, 0.1) is 18.2 Å². The topological polar surface area (TPSA) is 60.4 Å². The van der Waals surface area contributed by atoms with Crippen molar-refractivity contribution in [1.29, 1.82) is 0 Å². The maximum Gasteiger partial charge on any atom is 0.338 e. The summed E-state index contributed by atoms with van der Waals surface area (Å²) < 4.78 is 17.6. The zero-order chi connectivity index (χ0) is 33.3. The third-order valence-electron chi connectivity index (χ3n) is 9.80. The van der Waals surface area contributed by atoms with Gasteiger partial charge >= 0.3 is 5.97 Å². The van der Waals surface area contributed by atoms with Crippen molar-refractivity contribution in [3.05, 3.63) is 65.2 Å². The molecule has 0 unspecified atom stereocenters. The highest BCUT2D eigenvalue weighted by molar-refractivity contribution is 6.75. The van der Waals surface area contributed by atoms with Gasteiger partial charge in [0.25, 0.3) is 8.32 Å². The van der Waals surface area contributed by atoms with E-state index in [4.69, 9.17) is 19.0 Å². The number of hydrogen-bond donors (Lipinski definition) is 0. The molecule has 0 bridgehead atoms. The lowest BCUT2D eigenvalue weighted by molar-refractivity contribution is 0.00694. The average Bonchev–Trinajstić information content (AvgIpc) is 3.41. The second kappa shape index (κ2) is 16.3. The Kier molecular flexibility index (Phi) is 13.3. The lowest BCUT2D eigenvalue weighted by Gasteiger charge is -2.42. The lowest BCUT2D eigenvalue weighted by atomic mass is 9.93. The Morgan fingerprint density at radius 1 is 1.00 bits per heavy atom. The van der Waals surface area contributed by atoms with Gasteiger partial charge in [-0.1, -0.05) is 58.4 Å². The zero-order valence-electron chi connectivity index (χ0n) is 29.8. The van der Waals surface area contributed by atoms with Crippen molar-refractivity contribution in [2.24, 2.45) is 16.9 Å². The molecule has 0 aliphatic carbocycles. The number of rotatable bonds is 16. The van der Waals surface area contributed by atoms with Crippen molar-refractivity contribution in [2.75, 3.05) is 20.3 Å². The SMILES string of the molecule is COC[C@@H]1CCCN1/N=C/[C@@H](CCCCc1ccc(O[Si](C)(C)C(C)(C)C(C)C)cc1)Cc1ccc(C(=O)OC(C)(C)C)cc1. The molecule has 1 aliphatic rings. The number of hydrogen-bond acceptors (Lipinski definition) is 6. The van der Waals surface area contributed by atoms with Crippen LogP contribution in [0.3, 0.4) is 0 Å². The van der Waals surface area contributed by atoms with Crippen LogP contribution in [0.1, 0.15) is 102 Å². The lowest BCUT2D eigenvalue weighted by Crippen LogP contribution is -2.47. The maximum absolute atomic E-state index is 12.5. The van der Waals surface area contributed by atoms with Gasteiger partial charge in [0.1, 0.15) is 11.4 Å². The van der Waals surface area contributed by atoms with Crippen LogP contribution in [0.15, 0.2) is 53.6 Å². The molecular weight excluding hydrogens is 577 g/mol. The number of carbonyl (C=O) groups excluding carboxylic acids is 1. The Bertz CT molecular complexity index is 1220. The number of hydrazone groups is 1. The molecule has 0 spiro atoms. The van der Waals surface area contributed by atoms with Crippen LogP contribution in [-0.2, 0) is 22.3 Å². The standard InChI is InChI=1S/C38H60N2O4Si/c1-29(2)38(6,7)45(9,10)44-35-23-19-30(20-24-35)14-11-12-15-32(27-39-40-25-13-16-34(40)28-42-8)26-31-17-21-33(22-18-31)36(41)43-37(3,4)5/h17-24,27,29,32,34H,11-16,25-26,28H2,1-10H3/b39-27+/t32-,34-/m0/s1. The van der Waals surface area contributed by atoms with E-state index in [2.05, 4.69) is 88.4 Å². The van der Waals surface area contributed by atoms with Gasteiger partial charge in [0.15, 0.2) is 0 Å². The van der Waals surface area contributed by atoms with Gasteiger partial charge in [-0.15, -0.1) is 0 Å². The number of esters is 1. The number of carbonyl (C=O) groups is 1. The fourth-order valence-corrected chi connectivity index (χ4v) is 8.12. The van der Waals surface area contributed by atoms with E-state index in [0.717, 1.165) is 57.2 Å². The van der Waals surface area contributed by atoms with Crippen LogP contribution in [0.5, 0.6) is 5.75 Å². The van der Waals surface area contributed by atoms with E-state index in [-0.39, 0.29) is 11.0 Å². The number of benzene rings is 2. The number of aryl methyl sites for hydroxylation is 1. The molecule has 0 amide bonds. The van der Waals surface area contributed by atoms with Gasteiger partial charge in [0, 0.05) is 25.8 Å². The second-order valence-electron chi connectivity index (χ2n) is 15.2. The second-order valence-corrected chi connectivity index (χ2v) is 19.7. The molecular formula is C38H60N2O4Si. The summed E-state index contributed by atoms with van der Waals surface area (Å²) in [6.45, 7) is 21.3. The van der Waals surface area contributed by atoms with Gasteiger partial charge in [0.2, 0.25) is 0 Å². The molecule has 2 aromatic carbocycles. The van der Waals surface area contributed by atoms with Crippen LogP contribution in [0.25, 0.3) is 0 Å². The number of methoxy groups -OCH3 is 1. The minimum atomic E-state index is -1.92. The van der Waals surface area contributed by atoms with Gasteiger partial charge in [-0.25, -0.2) is 4.79 Å². The van der Waals surface area contributed by atoms with Crippen LogP contribution in [-0.4, -0.2) is 57.4 Å². The molecule has 0 aromatic heterocycles. The highest BCUT2D eigenvalue weighted by atomic mass is 28.4. The average molecular weight is 637 g/mol. The summed E-state index contributed by atoms with van der Waals surface area (Å²) in [5.41, 5.74) is 2.64. The van der Waals surface area contributed by atoms with Crippen molar-refractivity contribution >= 4 is 20.5 Å². The molecule has 2 atom stereocenters. The molecule has 0 radical (unpaired) electrons. The Labute approximate surface area is 275 Å². The number of unbranched alkanes of at least 4 members (excludes halogenated alkanes) is 1. The predicted molar refractivity (Wildman–Crippen MR) is 190 cm³/mol. The van der Waals surface area contributed by atoms with Crippen molar-refractivity contribution < 1.29 is 18.7 Å². The molecule has 3 rings (SSSR count). The van der Waals surface area contributed by atoms with Crippen molar-refractivity contribution in [1.82, 2.24) is 5.01 Å². The first-order valence-corrected chi connectivity index (χ1v) is 19.9. The van der Waals surface area contributed by atoms with E-state index in [1.807, 2.05) is 32.9 Å². The summed E-state index contributed by atoms with van der Waals surface area (Å²) in [5.74, 6) is 1.60. The number of ether oxygens (including phenoxy) is 2. The first-order chi connectivity index (χ1) is 21.1. The molecule has 1 fully saturated rings. The summed E-state index contributed by atoms with van der Waals surface area (Å²) in [6.07, 6.45) is 9.68. The quantitative estimate of drug-likeness (QED) is 0.0795. The predicted octanol–water partition coefficient (Wildman–Crippen LogP) is 9.33. The van der Waals surface area contributed by atoms with Crippen molar-refractivity contribution in [3.63, 3.8) is 0 Å². The first kappa shape index (κ1) is 36.8. The molecule has 1 heterocycles. The van der Waals surface area contributed by atoms with Crippen LogP contribution in [0.2, 0.25) is 18.1 Å². The van der Waals surface area contributed by atoms with Crippen LogP contribution in [0.4, 0.5) is 0 Å². The summed E-state index contributed by atoms with van der Waals surface area (Å²) in [4.78, 5) is 12.5. The first-order valence-electron chi connectivity index (χ1n) is 17.0. The third-order valence-corrected chi connectivity index (χ3v) is 14.2. The Hall–Kier alpha value is -2.64. The fourth-order valence-electron chi connectivity index (χ4n) is 5.74. The van der Waals surface area contributed by atoms with E-state index >= 15 is 0 Å². The molecule has 0 saturated carbocycles. The Morgan fingerprint density at radius 3 is 2.24 bits per heavy atom. The smallest absolute Gasteiger partial charge is 0.338 e. The maximum atomic E-state index is 12.5. The number of nitrogens with zero attached hydrogens (tertiary/aromatic N) is 2. The van der Waals surface area contributed by atoms with Gasteiger partial charge in [-0.05, 0) is 119 Å². The van der Waals surface area contributed by atoms with E-state index in [9.17, 15) is 4.79 Å². The monoisotopic (exact) mass is 636 g/mol. The van der Waals surface area contributed by atoms with Gasteiger partial charge in [-0.2, -0.15) is 5.10 Å². The van der Waals surface area contributed by atoms with E-state index in [0.29, 0.717) is 30.0 Å². The minimum absolute atomic E-state index is 0.186. The van der Waals surface area contributed by atoms with Crippen molar-refractivity contribution in [2.45, 2.75) is 123 Å². The Morgan fingerprint density at radius 2 is 1.64 bits per heavy atom. The molecule has 45 heavy (non-hydrogen) atoms. The highest BCUT2D eigenvalue weighted by Gasteiger charge is 2.44. The zero-order valence-corrected chi connectivity index (χ0v) is 30.8. The van der Waals surface area contributed by atoms with Gasteiger partial charge in [-0.3, -0.25) is 5.01 Å². The van der Waals surface area contributed by atoms with Gasteiger partial charge < -0.3 is 13.9 Å². The third kappa shape index (κ3) is 11.3. The molecule has 1 aliphatic heterocycles.